The highest BCUT2D eigenvalue weighted by atomic mass is 16.2. The van der Waals surface area contributed by atoms with Gasteiger partial charge in [-0.05, 0) is 24.1 Å². The Morgan fingerprint density at radius 3 is 2.47 bits per heavy atom. The van der Waals surface area contributed by atoms with E-state index in [2.05, 4.69) is 55.3 Å². The van der Waals surface area contributed by atoms with Crippen molar-refractivity contribution in [1.29, 1.82) is 0 Å². The lowest BCUT2D eigenvalue weighted by Gasteiger charge is -2.21. The van der Waals surface area contributed by atoms with Crippen molar-refractivity contribution < 1.29 is 10.1 Å². The zero-order valence-corrected chi connectivity index (χ0v) is 18.0. The smallest absolute Gasteiger partial charge is 0.262 e. The van der Waals surface area contributed by atoms with Gasteiger partial charge in [0.15, 0.2) is 5.82 Å². The van der Waals surface area contributed by atoms with Gasteiger partial charge in [0.1, 0.15) is 19.1 Å². The first kappa shape index (κ1) is 21.7. The first-order valence-corrected chi connectivity index (χ1v) is 10.6. The monoisotopic (exact) mass is 407 g/mol. The lowest BCUT2D eigenvalue weighted by Crippen LogP contribution is -2.85. The van der Waals surface area contributed by atoms with Crippen molar-refractivity contribution in [2.75, 3.05) is 0 Å². The fourth-order valence-electron chi connectivity index (χ4n) is 3.91. The van der Waals surface area contributed by atoms with Crippen LogP contribution in [0, 0.1) is 5.92 Å². The molecule has 3 aromatic rings. The van der Waals surface area contributed by atoms with Gasteiger partial charge in [0.05, 0.1) is 10.9 Å². The molecule has 0 aliphatic rings. The van der Waals surface area contributed by atoms with E-state index in [1.807, 2.05) is 12.1 Å². The number of para-hydroxylation sites is 1. The number of hydrogen-bond donors (Lipinski definition) is 2. The molecule has 3 rings (SSSR count). The largest absolute Gasteiger partial charge is 0.368 e. The van der Waals surface area contributed by atoms with Gasteiger partial charge in [0.25, 0.3) is 5.56 Å². The molecule has 6 heteroatoms. The minimum Gasteiger partial charge on any atom is -0.368 e. The summed E-state index contributed by atoms with van der Waals surface area (Å²) in [5.74, 6) is 0.395. The standard InChI is InChI=1S/C24H30N4O2/c1-4-7-17-10-12-18(13-11-17)23(16(2)3)26-14-22-27-20-9-6-5-8-19(20)24(30)28(22)15-21(25)29/h5-6,8-13,16,23,26H,4,7,14-15H2,1-3H3,(H2,25,29)/p+1/t23-/m0/s1. The molecule has 1 amide bonds. The van der Waals surface area contributed by atoms with Gasteiger partial charge in [0, 0.05) is 11.5 Å². The highest BCUT2D eigenvalue weighted by Gasteiger charge is 2.21. The molecular formula is C24H31N4O2+. The number of rotatable bonds is 9. The van der Waals surface area contributed by atoms with E-state index in [-0.39, 0.29) is 18.1 Å². The van der Waals surface area contributed by atoms with Crippen LogP contribution in [0.1, 0.15) is 50.2 Å². The van der Waals surface area contributed by atoms with Crippen LogP contribution in [0.15, 0.2) is 53.3 Å². The van der Waals surface area contributed by atoms with E-state index in [1.54, 1.807) is 12.1 Å². The molecule has 0 aliphatic carbocycles. The Kier molecular flexibility index (Phi) is 7.00. The van der Waals surface area contributed by atoms with Crippen molar-refractivity contribution in [3.63, 3.8) is 0 Å². The number of carbonyl (C=O) groups is 1. The zero-order valence-electron chi connectivity index (χ0n) is 18.0. The van der Waals surface area contributed by atoms with E-state index in [0.29, 0.717) is 29.2 Å². The first-order valence-electron chi connectivity index (χ1n) is 10.6. The lowest BCUT2D eigenvalue weighted by atomic mass is 9.94. The van der Waals surface area contributed by atoms with Crippen molar-refractivity contribution in [2.24, 2.45) is 11.7 Å². The molecule has 158 valence electrons. The Hall–Kier alpha value is -2.99. The molecule has 1 heterocycles. The molecule has 0 saturated carbocycles. The summed E-state index contributed by atoms with van der Waals surface area (Å²) in [6, 6.07) is 16.2. The van der Waals surface area contributed by atoms with Crippen LogP contribution in [-0.2, 0) is 24.3 Å². The van der Waals surface area contributed by atoms with Crippen LogP contribution < -0.4 is 16.6 Å². The summed E-state index contributed by atoms with van der Waals surface area (Å²) < 4.78 is 1.41. The topological polar surface area (TPSA) is 94.6 Å². The van der Waals surface area contributed by atoms with E-state index in [1.165, 1.54) is 15.7 Å². The van der Waals surface area contributed by atoms with Gasteiger partial charge < -0.3 is 11.1 Å². The maximum absolute atomic E-state index is 12.9. The van der Waals surface area contributed by atoms with Crippen LogP contribution in [0.25, 0.3) is 10.9 Å². The third-order valence-electron chi connectivity index (χ3n) is 5.43. The molecule has 0 saturated heterocycles. The molecule has 0 spiro atoms. The van der Waals surface area contributed by atoms with Gasteiger partial charge in [-0.1, -0.05) is 63.6 Å². The summed E-state index contributed by atoms with van der Waals surface area (Å²) in [6.45, 7) is 6.86. The summed E-state index contributed by atoms with van der Waals surface area (Å²) >= 11 is 0. The van der Waals surface area contributed by atoms with Crippen LogP contribution in [0.4, 0.5) is 0 Å². The molecule has 4 N–H and O–H groups in total. The van der Waals surface area contributed by atoms with Crippen LogP contribution in [0.5, 0.6) is 0 Å². The molecule has 30 heavy (non-hydrogen) atoms. The normalized spacial score (nSPS) is 12.4. The van der Waals surface area contributed by atoms with Gasteiger partial charge in [-0.3, -0.25) is 14.2 Å². The summed E-state index contributed by atoms with van der Waals surface area (Å²) in [7, 11) is 0. The molecule has 0 unspecified atom stereocenters. The average Bonchev–Trinajstić information content (AvgIpc) is 2.72. The molecule has 0 bridgehead atoms. The second-order valence-corrected chi connectivity index (χ2v) is 8.10. The van der Waals surface area contributed by atoms with Gasteiger partial charge in [-0.25, -0.2) is 4.98 Å². The summed E-state index contributed by atoms with van der Waals surface area (Å²) in [5, 5.41) is 2.68. The number of primary amides is 1. The second kappa shape index (κ2) is 9.67. The zero-order chi connectivity index (χ0) is 21.7. The van der Waals surface area contributed by atoms with E-state index in [4.69, 9.17) is 5.73 Å². The van der Waals surface area contributed by atoms with Crippen molar-refractivity contribution in [2.45, 2.75) is 52.7 Å². The van der Waals surface area contributed by atoms with Crippen molar-refractivity contribution in [1.82, 2.24) is 9.55 Å². The number of aromatic nitrogens is 2. The Morgan fingerprint density at radius 1 is 1.13 bits per heavy atom. The SMILES string of the molecule is CCCc1ccc([C@@H]([NH2+]Cc2nc3ccccc3c(=O)n2CC(N)=O)C(C)C)cc1. The number of fused-ring (bicyclic) bond motifs is 1. The van der Waals surface area contributed by atoms with Crippen molar-refractivity contribution in [3.05, 3.63) is 75.8 Å². The molecule has 0 radical (unpaired) electrons. The second-order valence-electron chi connectivity index (χ2n) is 8.10. The molecule has 2 aromatic carbocycles. The molecule has 0 fully saturated rings. The highest BCUT2D eigenvalue weighted by Crippen LogP contribution is 2.19. The van der Waals surface area contributed by atoms with Crippen LogP contribution in [-0.4, -0.2) is 15.5 Å². The number of amides is 1. The fraction of sp³-hybridized carbons (Fsp3) is 0.375. The maximum Gasteiger partial charge on any atom is 0.262 e. The molecule has 1 atom stereocenters. The van der Waals surface area contributed by atoms with Crippen LogP contribution in [0.2, 0.25) is 0 Å². The number of carbonyl (C=O) groups excluding carboxylic acids is 1. The Morgan fingerprint density at radius 2 is 1.83 bits per heavy atom. The maximum atomic E-state index is 12.9. The van der Waals surface area contributed by atoms with E-state index < -0.39 is 5.91 Å². The van der Waals surface area contributed by atoms with Crippen molar-refractivity contribution >= 4 is 16.8 Å². The Balaban J connectivity index is 1.91. The quantitative estimate of drug-likeness (QED) is 0.570. The third kappa shape index (κ3) is 4.94. The van der Waals surface area contributed by atoms with Crippen LogP contribution in [0.3, 0.4) is 0 Å². The Bertz CT molecular complexity index is 1070. The number of benzene rings is 2. The minimum atomic E-state index is -0.553. The number of hydrogen-bond acceptors (Lipinski definition) is 3. The Labute approximate surface area is 177 Å². The predicted octanol–water partition coefficient (Wildman–Crippen LogP) is 2.29. The summed E-state index contributed by atoms with van der Waals surface area (Å²) in [5.41, 5.74) is 8.40. The van der Waals surface area contributed by atoms with Crippen LogP contribution >= 0.6 is 0 Å². The van der Waals surface area contributed by atoms with Gasteiger partial charge in [-0.15, -0.1) is 0 Å². The number of aryl methyl sites for hydroxylation is 1. The first-order chi connectivity index (χ1) is 14.4. The number of nitrogens with zero attached hydrogens (tertiary/aromatic N) is 2. The third-order valence-corrected chi connectivity index (χ3v) is 5.43. The number of quaternary nitrogens is 1. The van der Waals surface area contributed by atoms with E-state index in [0.717, 1.165) is 12.8 Å². The molecule has 0 aliphatic heterocycles. The highest BCUT2D eigenvalue weighted by molar-refractivity contribution is 5.78. The van der Waals surface area contributed by atoms with Gasteiger partial charge >= 0.3 is 0 Å². The van der Waals surface area contributed by atoms with Gasteiger partial charge in [-0.2, -0.15) is 0 Å². The molecule has 6 nitrogen and oxygen atoms in total. The predicted molar refractivity (Wildman–Crippen MR) is 119 cm³/mol. The fourth-order valence-corrected chi connectivity index (χ4v) is 3.91. The summed E-state index contributed by atoms with van der Waals surface area (Å²) in [6.07, 6.45) is 2.21. The lowest BCUT2D eigenvalue weighted by molar-refractivity contribution is -0.718. The van der Waals surface area contributed by atoms with E-state index >= 15 is 0 Å². The number of nitrogens with two attached hydrogens (primary N) is 2. The van der Waals surface area contributed by atoms with Crippen molar-refractivity contribution in [3.8, 4) is 0 Å². The average molecular weight is 408 g/mol. The summed E-state index contributed by atoms with van der Waals surface area (Å²) in [4.78, 5) is 29.2. The minimum absolute atomic E-state index is 0.169. The molecule has 1 aromatic heterocycles. The van der Waals surface area contributed by atoms with Gasteiger partial charge in [0.2, 0.25) is 5.91 Å². The molecular weight excluding hydrogens is 376 g/mol. The van der Waals surface area contributed by atoms with E-state index in [9.17, 15) is 9.59 Å².